The number of nitrogens with zero attached hydrogens (tertiary/aromatic N) is 3. The van der Waals surface area contributed by atoms with E-state index in [1.54, 1.807) is 6.20 Å². The highest BCUT2D eigenvalue weighted by Crippen LogP contribution is 2.32. The zero-order valence-electron chi connectivity index (χ0n) is 9.58. The SMILES string of the molecule is O=C(O)c1cncc(N2CCc3ccccc32)n1. The first kappa shape index (κ1) is 10.7. The number of hydrogen-bond donors (Lipinski definition) is 1. The van der Waals surface area contributed by atoms with Crippen LogP contribution in [0.4, 0.5) is 11.5 Å². The first-order valence-corrected chi connectivity index (χ1v) is 5.66. The number of anilines is 2. The Labute approximate surface area is 104 Å². The summed E-state index contributed by atoms with van der Waals surface area (Å²) in [4.78, 5) is 20.9. The maximum atomic E-state index is 10.9. The zero-order chi connectivity index (χ0) is 12.5. The molecule has 0 bridgehead atoms. The van der Waals surface area contributed by atoms with E-state index in [0.29, 0.717) is 5.82 Å². The van der Waals surface area contributed by atoms with Gasteiger partial charge >= 0.3 is 5.97 Å². The molecular weight excluding hydrogens is 230 g/mol. The van der Waals surface area contributed by atoms with E-state index in [0.717, 1.165) is 18.7 Å². The van der Waals surface area contributed by atoms with E-state index in [9.17, 15) is 4.79 Å². The number of carbonyl (C=O) groups is 1. The van der Waals surface area contributed by atoms with Crippen molar-refractivity contribution in [3.63, 3.8) is 0 Å². The normalized spacial score (nSPS) is 13.4. The highest BCUT2D eigenvalue weighted by molar-refractivity contribution is 5.85. The van der Waals surface area contributed by atoms with Gasteiger partial charge in [-0.05, 0) is 18.1 Å². The molecular formula is C13H11N3O2. The number of hydrogen-bond acceptors (Lipinski definition) is 4. The van der Waals surface area contributed by atoms with Gasteiger partial charge in [-0.2, -0.15) is 0 Å². The third-order valence-corrected chi connectivity index (χ3v) is 3.00. The Morgan fingerprint density at radius 3 is 2.94 bits per heavy atom. The maximum Gasteiger partial charge on any atom is 0.356 e. The van der Waals surface area contributed by atoms with Crippen molar-refractivity contribution in [2.45, 2.75) is 6.42 Å². The number of aromatic nitrogens is 2. The lowest BCUT2D eigenvalue weighted by Crippen LogP contribution is -2.16. The van der Waals surface area contributed by atoms with Gasteiger partial charge in [0.1, 0.15) is 0 Å². The van der Waals surface area contributed by atoms with Crippen LogP contribution in [0.2, 0.25) is 0 Å². The van der Waals surface area contributed by atoms with Crippen LogP contribution in [-0.4, -0.2) is 27.6 Å². The molecule has 18 heavy (non-hydrogen) atoms. The Kier molecular flexibility index (Phi) is 2.44. The smallest absolute Gasteiger partial charge is 0.356 e. The van der Waals surface area contributed by atoms with Crippen molar-refractivity contribution >= 4 is 17.5 Å². The van der Waals surface area contributed by atoms with Gasteiger partial charge < -0.3 is 10.0 Å². The van der Waals surface area contributed by atoms with Gasteiger partial charge in [-0.25, -0.2) is 9.78 Å². The van der Waals surface area contributed by atoms with Gasteiger partial charge in [0.25, 0.3) is 0 Å². The van der Waals surface area contributed by atoms with Crippen LogP contribution >= 0.6 is 0 Å². The summed E-state index contributed by atoms with van der Waals surface area (Å²) in [6, 6.07) is 8.05. The molecule has 1 aromatic carbocycles. The summed E-state index contributed by atoms with van der Waals surface area (Å²) in [6.45, 7) is 0.803. The lowest BCUT2D eigenvalue weighted by Gasteiger charge is -2.17. The summed E-state index contributed by atoms with van der Waals surface area (Å²) in [5, 5.41) is 8.93. The van der Waals surface area contributed by atoms with Crippen molar-refractivity contribution in [3.05, 3.63) is 47.9 Å². The molecule has 0 saturated carbocycles. The lowest BCUT2D eigenvalue weighted by atomic mass is 10.2. The van der Waals surface area contributed by atoms with Crippen LogP contribution in [0, 0.1) is 0 Å². The Balaban J connectivity index is 2.02. The number of para-hydroxylation sites is 1. The Hall–Kier alpha value is -2.43. The van der Waals surface area contributed by atoms with Crippen molar-refractivity contribution in [3.8, 4) is 0 Å². The molecule has 1 N–H and O–H groups in total. The summed E-state index contributed by atoms with van der Waals surface area (Å²) < 4.78 is 0. The molecule has 3 rings (SSSR count). The molecule has 0 unspecified atom stereocenters. The van der Waals surface area contributed by atoms with Gasteiger partial charge in [0.05, 0.1) is 12.4 Å². The van der Waals surface area contributed by atoms with Crippen molar-refractivity contribution in [1.82, 2.24) is 9.97 Å². The molecule has 90 valence electrons. The lowest BCUT2D eigenvalue weighted by molar-refractivity contribution is 0.0690. The Bertz CT molecular complexity index is 613. The van der Waals surface area contributed by atoms with Crippen LogP contribution in [0.3, 0.4) is 0 Å². The molecule has 0 aliphatic carbocycles. The van der Waals surface area contributed by atoms with Crippen molar-refractivity contribution < 1.29 is 9.90 Å². The van der Waals surface area contributed by atoms with Gasteiger partial charge in [-0.15, -0.1) is 0 Å². The minimum atomic E-state index is -1.06. The molecule has 2 heterocycles. The molecule has 0 radical (unpaired) electrons. The Morgan fingerprint density at radius 1 is 1.28 bits per heavy atom. The molecule has 0 spiro atoms. The van der Waals surface area contributed by atoms with E-state index < -0.39 is 5.97 Å². The number of aromatic carboxylic acids is 1. The molecule has 1 aromatic heterocycles. The molecule has 0 saturated heterocycles. The quantitative estimate of drug-likeness (QED) is 0.869. The van der Waals surface area contributed by atoms with E-state index in [2.05, 4.69) is 16.0 Å². The van der Waals surface area contributed by atoms with Crippen LogP contribution in [0.25, 0.3) is 0 Å². The average Bonchev–Trinajstić information content (AvgIpc) is 2.82. The minimum absolute atomic E-state index is 0.0307. The fraction of sp³-hybridized carbons (Fsp3) is 0.154. The van der Waals surface area contributed by atoms with Crippen molar-refractivity contribution in [2.24, 2.45) is 0 Å². The second-order valence-electron chi connectivity index (χ2n) is 4.10. The van der Waals surface area contributed by atoms with Crippen LogP contribution in [0.15, 0.2) is 36.7 Å². The molecule has 1 aliphatic rings. The second kappa shape index (κ2) is 4.10. The van der Waals surface area contributed by atoms with Gasteiger partial charge in [0, 0.05) is 12.2 Å². The standard InChI is InChI=1S/C13H11N3O2/c17-13(18)10-7-14-8-12(15-10)16-6-5-9-3-1-2-4-11(9)16/h1-4,7-8H,5-6H2,(H,17,18). The number of carboxylic acids is 1. The summed E-state index contributed by atoms with van der Waals surface area (Å²) in [7, 11) is 0. The van der Waals surface area contributed by atoms with Gasteiger partial charge in [-0.1, -0.05) is 18.2 Å². The second-order valence-corrected chi connectivity index (χ2v) is 4.10. The predicted molar refractivity (Wildman–Crippen MR) is 66.1 cm³/mol. The van der Waals surface area contributed by atoms with Gasteiger partial charge in [0.2, 0.25) is 0 Å². The largest absolute Gasteiger partial charge is 0.476 e. The van der Waals surface area contributed by atoms with Crippen LogP contribution in [0.1, 0.15) is 16.1 Å². The maximum absolute atomic E-state index is 10.9. The van der Waals surface area contributed by atoms with Crippen molar-refractivity contribution in [2.75, 3.05) is 11.4 Å². The molecule has 5 heteroatoms. The van der Waals surface area contributed by atoms with Gasteiger partial charge in [0.15, 0.2) is 11.5 Å². The molecule has 1 aliphatic heterocycles. The summed E-state index contributed by atoms with van der Waals surface area (Å²) in [6.07, 6.45) is 3.79. The third kappa shape index (κ3) is 1.69. The molecule has 5 nitrogen and oxygen atoms in total. The van der Waals surface area contributed by atoms with E-state index in [4.69, 9.17) is 5.11 Å². The highest BCUT2D eigenvalue weighted by Gasteiger charge is 2.21. The van der Waals surface area contributed by atoms with Crippen LogP contribution < -0.4 is 4.90 Å². The summed E-state index contributed by atoms with van der Waals surface area (Å²) in [5.74, 6) is -0.475. The molecule has 0 amide bonds. The number of benzene rings is 1. The van der Waals surface area contributed by atoms with E-state index in [1.165, 1.54) is 11.8 Å². The van der Waals surface area contributed by atoms with E-state index in [-0.39, 0.29) is 5.69 Å². The fourth-order valence-electron chi connectivity index (χ4n) is 2.16. The Morgan fingerprint density at radius 2 is 2.11 bits per heavy atom. The highest BCUT2D eigenvalue weighted by atomic mass is 16.4. The van der Waals surface area contributed by atoms with E-state index >= 15 is 0 Å². The first-order valence-electron chi connectivity index (χ1n) is 5.66. The molecule has 2 aromatic rings. The topological polar surface area (TPSA) is 66.3 Å². The summed E-state index contributed by atoms with van der Waals surface area (Å²) in [5.41, 5.74) is 2.30. The fourth-order valence-corrected chi connectivity index (χ4v) is 2.16. The number of fused-ring (bicyclic) bond motifs is 1. The molecule has 0 fully saturated rings. The number of rotatable bonds is 2. The zero-order valence-corrected chi connectivity index (χ0v) is 9.58. The van der Waals surface area contributed by atoms with Crippen LogP contribution in [-0.2, 0) is 6.42 Å². The summed E-state index contributed by atoms with van der Waals surface area (Å²) >= 11 is 0. The van der Waals surface area contributed by atoms with Crippen LogP contribution in [0.5, 0.6) is 0 Å². The van der Waals surface area contributed by atoms with Gasteiger partial charge in [-0.3, -0.25) is 4.98 Å². The minimum Gasteiger partial charge on any atom is -0.476 e. The third-order valence-electron chi connectivity index (χ3n) is 3.00. The first-order chi connectivity index (χ1) is 8.75. The predicted octanol–water partition coefficient (Wildman–Crippen LogP) is 1.87. The van der Waals surface area contributed by atoms with Crippen molar-refractivity contribution in [1.29, 1.82) is 0 Å². The van der Waals surface area contributed by atoms with E-state index in [1.807, 2.05) is 23.1 Å². The number of carboxylic acid groups (broad SMARTS) is 1. The average molecular weight is 241 g/mol. The monoisotopic (exact) mass is 241 g/mol. The molecule has 0 atom stereocenters.